The summed E-state index contributed by atoms with van der Waals surface area (Å²) < 4.78 is 5.47. The van der Waals surface area contributed by atoms with Gasteiger partial charge in [-0.2, -0.15) is 0 Å². The van der Waals surface area contributed by atoms with Gasteiger partial charge in [0.15, 0.2) is 0 Å². The molecule has 0 aromatic rings. The third kappa shape index (κ3) is 3.27. The first-order valence-electron chi connectivity index (χ1n) is 6.70. The van der Waals surface area contributed by atoms with E-state index in [0.29, 0.717) is 25.5 Å². The van der Waals surface area contributed by atoms with Crippen molar-refractivity contribution in [2.75, 3.05) is 26.3 Å². The summed E-state index contributed by atoms with van der Waals surface area (Å²) in [6.45, 7) is 3.95. The van der Waals surface area contributed by atoms with Crippen molar-refractivity contribution in [1.82, 2.24) is 4.90 Å². The number of ether oxygens (including phenoxy) is 1. The second kappa shape index (κ2) is 5.94. The van der Waals surface area contributed by atoms with E-state index in [0.717, 1.165) is 12.8 Å². The molecule has 0 radical (unpaired) electrons. The largest absolute Gasteiger partial charge is 0.394 e. The first kappa shape index (κ1) is 13.0. The summed E-state index contributed by atoms with van der Waals surface area (Å²) in [6.07, 6.45) is 4.42. The molecule has 0 aromatic heterocycles. The number of ketones is 1. The molecular formula is C13H23NO3. The molecule has 17 heavy (non-hydrogen) atoms. The molecule has 1 saturated heterocycles. The Hall–Kier alpha value is -0.450. The Kier molecular flexibility index (Phi) is 4.54. The zero-order valence-corrected chi connectivity index (χ0v) is 10.6. The van der Waals surface area contributed by atoms with Crippen LogP contribution in [0, 0.1) is 5.92 Å². The lowest BCUT2D eigenvalue weighted by atomic mass is 10.0. The predicted octanol–water partition coefficient (Wildman–Crippen LogP) is 0.827. The molecule has 2 aliphatic rings. The minimum atomic E-state index is -0.123. The van der Waals surface area contributed by atoms with Crippen molar-refractivity contribution in [2.24, 2.45) is 5.92 Å². The molecule has 0 aromatic carbocycles. The molecule has 0 spiro atoms. The SMILES string of the molecule is CC1COC(CO)CN1CC(=O)C1CCCC1. The van der Waals surface area contributed by atoms with Gasteiger partial charge in [0.25, 0.3) is 0 Å². The van der Waals surface area contributed by atoms with Crippen molar-refractivity contribution >= 4 is 5.78 Å². The average molecular weight is 241 g/mol. The Balaban J connectivity index is 1.85. The minimum absolute atomic E-state index is 0.0425. The Bertz CT molecular complexity index is 263. The van der Waals surface area contributed by atoms with Gasteiger partial charge in [0, 0.05) is 18.5 Å². The number of Topliss-reactive ketones (excluding diaryl/α,β-unsaturated/α-hetero) is 1. The maximum Gasteiger partial charge on any atom is 0.149 e. The number of nitrogens with zero attached hydrogens (tertiary/aromatic N) is 1. The van der Waals surface area contributed by atoms with Crippen LogP contribution >= 0.6 is 0 Å². The highest BCUT2D eigenvalue weighted by atomic mass is 16.5. The molecule has 2 atom stereocenters. The lowest BCUT2D eigenvalue weighted by Crippen LogP contribution is -2.51. The van der Waals surface area contributed by atoms with Gasteiger partial charge in [-0.05, 0) is 19.8 Å². The fourth-order valence-electron chi connectivity index (χ4n) is 2.78. The van der Waals surface area contributed by atoms with Crippen molar-refractivity contribution < 1.29 is 14.6 Å². The summed E-state index contributed by atoms with van der Waals surface area (Å²) >= 11 is 0. The van der Waals surface area contributed by atoms with Crippen LogP contribution in [0.3, 0.4) is 0 Å². The average Bonchev–Trinajstić information content (AvgIpc) is 2.85. The molecular weight excluding hydrogens is 218 g/mol. The summed E-state index contributed by atoms with van der Waals surface area (Å²) in [5.41, 5.74) is 0. The third-order valence-electron chi connectivity index (χ3n) is 4.01. The number of aliphatic hydroxyl groups is 1. The molecule has 4 nitrogen and oxygen atoms in total. The summed E-state index contributed by atoms with van der Waals surface area (Å²) in [4.78, 5) is 14.3. The van der Waals surface area contributed by atoms with E-state index in [1.807, 2.05) is 0 Å². The van der Waals surface area contributed by atoms with Crippen LogP contribution in [0.5, 0.6) is 0 Å². The molecule has 1 saturated carbocycles. The zero-order chi connectivity index (χ0) is 12.3. The van der Waals surface area contributed by atoms with Gasteiger partial charge in [-0.25, -0.2) is 0 Å². The second-order valence-electron chi connectivity index (χ2n) is 5.36. The molecule has 0 amide bonds. The van der Waals surface area contributed by atoms with Gasteiger partial charge < -0.3 is 9.84 Å². The van der Waals surface area contributed by atoms with E-state index in [-0.39, 0.29) is 24.7 Å². The number of carbonyl (C=O) groups excluding carboxylic acids is 1. The van der Waals surface area contributed by atoms with Crippen molar-refractivity contribution in [3.8, 4) is 0 Å². The maximum absolute atomic E-state index is 12.1. The van der Waals surface area contributed by atoms with Crippen molar-refractivity contribution in [1.29, 1.82) is 0 Å². The number of hydrogen-bond donors (Lipinski definition) is 1. The summed E-state index contributed by atoms with van der Waals surface area (Å²) in [6, 6.07) is 0.281. The molecule has 0 bridgehead atoms. The van der Waals surface area contributed by atoms with Crippen LogP contribution < -0.4 is 0 Å². The van der Waals surface area contributed by atoms with Crippen molar-refractivity contribution in [3.05, 3.63) is 0 Å². The van der Waals surface area contributed by atoms with E-state index in [9.17, 15) is 4.79 Å². The highest BCUT2D eigenvalue weighted by molar-refractivity contribution is 5.83. The molecule has 2 unspecified atom stereocenters. The van der Waals surface area contributed by atoms with Crippen molar-refractivity contribution in [2.45, 2.75) is 44.8 Å². The first-order valence-corrected chi connectivity index (χ1v) is 6.70. The maximum atomic E-state index is 12.1. The summed E-state index contributed by atoms with van der Waals surface area (Å²) in [5, 5.41) is 9.10. The van der Waals surface area contributed by atoms with Crippen LogP contribution in [0.25, 0.3) is 0 Å². The molecule has 98 valence electrons. The summed E-state index contributed by atoms with van der Waals surface area (Å²) in [7, 11) is 0. The first-order chi connectivity index (χ1) is 8.20. The van der Waals surface area contributed by atoms with Crippen LogP contribution in [0.1, 0.15) is 32.6 Å². The van der Waals surface area contributed by atoms with E-state index < -0.39 is 0 Å². The van der Waals surface area contributed by atoms with E-state index in [4.69, 9.17) is 9.84 Å². The molecule has 4 heteroatoms. The standard InChI is InChI=1S/C13H23NO3/c1-10-9-17-12(8-15)6-14(10)7-13(16)11-4-2-3-5-11/h10-12,15H,2-9H2,1H3. The molecule has 2 rings (SSSR count). The van der Waals surface area contributed by atoms with Gasteiger partial charge in [-0.1, -0.05) is 12.8 Å². The molecule has 2 fully saturated rings. The normalized spacial score (nSPS) is 31.9. The molecule has 1 heterocycles. The fourth-order valence-corrected chi connectivity index (χ4v) is 2.78. The number of carbonyl (C=O) groups is 1. The van der Waals surface area contributed by atoms with Crippen LogP contribution in [-0.2, 0) is 9.53 Å². The quantitative estimate of drug-likeness (QED) is 0.792. The van der Waals surface area contributed by atoms with Gasteiger partial charge >= 0.3 is 0 Å². The summed E-state index contributed by atoms with van der Waals surface area (Å²) in [5.74, 6) is 0.672. The number of rotatable bonds is 4. The fraction of sp³-hybridized carbons (Fsp3) is 0.923. The molecule has 1 N–H and O–H groups in total. The Morgan fingerprint density at radius 3 is 2.76 bits per heavy atom. The van der Waals surface area contributed by atoms with Crippen LogP contribution in [0.2, 0.25) is 0 Å². The Morgan fingerprint density at radius 2 is 2.12 bits per heavy atom. The number of morpholine rings is 1. The van der Waals surface area contributed by atoms with Gasteiger partial charge in [0.05, 0.1) is 25.9 Å². The lowest BCUT2D eigenvalue weighted by Gasteiger charge is -2.37. The van der Waals surface area contributed by atoms with E-state index in [2.05, 4.69) is 11.8 Å². The second-order valence-corrected chi connectivity index (χ2v) is 5.36. The van der Waals surface area contributed by atoms with Crippen LogP contribution in [0.4, 0.5) is 0 Å². The van der Waals surface area contributed by atoms with Gasteiger partial charge in [0.1, 0.15) is 5.78 Å². The van der Waals surface area contributed by atoms with Gasteiger partial charge in [0.2, 0.25) is 0 Å². The molecule has 1 aliphatic heterocycles. The van der Waals surface area contributed by atoms with Crippen molar-refractivity contribution in [3.63, 3.8) is 0 Å². The Labute approximate surface area is 103 Å². The topological polar surface area (TPSA) is 49.8 Å². The third-order valence-corrected chi connectivity index (χ3v) is 4.01. The van der Waals surface area contributed by atoms with Crippen LogP contribution in [-0.4, -0.2) is 54.2 Å². The minimum Gasteiger partial charge on any atom is -0.394 e. The van der Waals surface area contributed by atoms with E-state index >= 15 is 0 Å². The van der Waals surface area contributed by atoms with Gasteiger partial charge in [-0.15, -0.1) is 0 Å². The lowest BCUT2D eigenvalue weighted by molar-refractivity contribution is -0.129. The number of aliphatic hydroxyl groups excluding tert-OH is 1. The molecule has 1 aliphatic carbocycles. The predicted molar refractivity (Wildman–Crippen MR) is 64.8 cm³/mol. The van der Waals surface area contributed by atoms with Gasteiger partial charge in [-0.3, -0.25) is 9.69 Å². The smallest absolute Gasteiger partial charge is 0.149 e. The number of hydrogen-bond acceptors (Lipinski definition) is 4. The van der Waals surface area contributed by atoms with Crippen LogP contribution in [0.15, 0.2) is 0 Å². The Morgan fingerprint density at radius 1 is 1.41 bits per heavy atom. The monoisotopic (exact) mass is 241 g/mol. The highest BCUT2D eigenvalue weighted by Crippen LogP contribution is 2.26. The zero-order valence-electron chi connectivity index (χ0n) is 10.6. The highest BCUT2D eigenvalue weighted by Gasteiger charge is 2.30. The van der Waals surface area contributed by atoms with E-state index in [1.54, 1.807) is 0 Å². The van der Waals surface area contributed by atoms with E-state index in [1.165, 1.54) is 12.8 Å².